The van der Waals surface area contributed by atoms with E-state index >= 15 is 0 Å². The third kappa shape index (κ3) is 4.54. The number of methoxy groups -OCH3 is 1. The quantitative estimate of drug-likeness (QED) is 0.325. The van der Waals surface area contributed by atoms with E-state index in [1.807, 2.05) is 6.92 Å². The van der Waals surface area contributed by atoms with Gasteiger partial charge in [0, 0.05) is 55.0 Å². The van der Waals surface area contributed by atoms with Gasteiger partial charge in [-0.3, -0.25) is 10.00 Å². The Morgan fingerprint density at radius 2 is 1.92 bits per heavy atom. The average molecular weight is 561 g/mol. The highest BCUT2D eigenvalue weighted by molar-refractivity contribution is 7.19. The molecular formula is C26H31F3N8OS. The topological polar surface area (TPSA) is 87.5 Å². The first-order valence-electron chi connectivity index (χ1n) is 13.1. The molecule has 0 aliphatic carbocycles. The van der Waals surface area contributed by atoms with Crippen molar-refractivity contribution in [1.82, 2.24) is 34.7 Å². The predicted molar refractivity (Wildman–Crippen MR) is 143 cm³/mol. The normalized spacial score (nSPS) is 17.3. The first-order valence-corrected chi connectivity index (χ1v) is 13.9. The monoisotopic (exact) mass is 560 g/mol. The Labute approximate surface area is 228 Å². The Balaban J connectivity index is 1.29. The van der Waals surface area contributed by atoms with Gasteiger partial charge in [0.05, 0.1) is 30.6 Å². The molecule has 0 amide bonds. The van der Waals surface area contributed by atoms with E-state index in [0.717, 1.165) is 36.9 Å². The molecule has 0 radical (unpaired) electrons. The van der Waals surface area contributed by atoms with E-state index in [4.69, 9.17) is 9.72 Å². The van der Waals surface area contributed by atoms with Gasteiger partial charge in [-0.2, -0.15) is 23.4 Å². The van der Waals surface area contributed by atoms with E-state index in [0.29, 0.717) is 33.4 Å². The summed E-state index contributed by atoms with van der Waals surface area (Å²) >= 11 is 1.42. The van der Waals surface area contributed by atoms with Crippen molar-refractivity contribution in [3.05, 3.63) is 29.8 Å². The summed E-state index contributed by atoms with van der Waals surface area (Å²) in [6.07, 6.45) is -0.274. The van der Waals surface area contributed by atoms with Gasteiger partial charge < -0.3 is 9.64 Å². The lowest BCUT2D eigenvalue weighted by atomic mass is 9.72. The lowest BCUT2D eigenvalue weighted by Gasteiger charge is -2.62. The minimum Gasteiger partial charge on any atom is -0.493 e. The number of aromatic amines is 1. The van der Waals surface area contributed by atoms with Crippen molar-refractivity contribution in [3.63, 3.8) is 0 Å². The maximum atomic E-state index is 13.8. The number of hydrogen-bond acceptors (Lipinski definition) is 8. The molecule has 9 nitrogen and oxygen atoms in total. The van der Waals surface area contributed by atoms with Crippen LogP contribution in [0.1, 0.15) is 37.9 Å². The fourth-order valence-electron chi connectivity index (χ4n) is 6.10. The summed E-state index contributed by atoms with van der Waals surface area (Å²) in [4.78, 5) is 13.7. The molecule has 208 valence electrons. The van der Waals surface area contributed by atoms with E-state index in [1.165, 1.54) is 42.1 Å². The molecule has 2 aliphatic heterocycles. The number of halogens is 3. The van der Waals surface area contributed by atoms with Gasteiger partial charge in [-0.05, 0) is 25.8 Å². The number of anilines is 1. The largest absolute Gasteiger partial charge is 0.493 e. The van der Waals surface area contributed by atoms with Crippen molar-refractivity contribution >= 4 is 22.0 Å². The molecular weight excluding hydrogens is 529 g/mol. The van der Waals surface area contributed by atoms with Gasteiger partial charge in [0.25, 0.3) is 0 Å². The number of rotatable bonds is 8. The molecule has 2 fully saturated rings. The Morgan fingerprint density at radius 1 is 1.18 bits per heavy atom. The number of hydrogen-bond donors (Lipinski definition) is 1. The van der Waals surface area contributed by atoms with E-state index in [-0.39, 0.29) is 17.0 Å². The van der Waals surface area contributed by atoms with Crippen LogP contribution in [-0.4, -0.2) is 80.2 Å². The smallest absolute Gasteiger partial charge is 0.393 e. The van der Waals surface area contributed by atoms with E-state index in [2.05, 4.69) is 43.9 Å². The molecule has 1 N–H and O–H groups in total. The molecule has 4 aromatic rings. The van der Waals surface area contributed by atoms with Crippen LogP contribution < -0.4 is 9.64 Å². The van der Waals surface area contributed by atoms with Crippen molar-refractivity contribution in [1.29, 1.82) is 0 Å². The van der Waals surface area contributed by atoms with Crippen molar-refractivity contribution < 1.29 is 17.9 Å². The highest BCUT2D eigenvalue weighted by Gasteiger charge is 2.53. The summed E-state index contributed by atoms with van der Waals surface area (Å²) < 4.78 is 48.2. The number of H-pyrrole nitrogens is 1. The fourth-order valence-corrected chi connectivity index (χ4v) is 7.19. The first-order chi connectivity index (χ1) is 18.6. The number of aryl methyl sites for hydroxylation is 1. The third-order valence-corrected chi connectivity index (χ3v) is 9.18. The molecule has 1 spiro atoms. The highest BCUT2D eigenvalue weighted by Crippen LogP contribution is 2.47. The van der Waals surface area contributed by atoms with Crippen LogP contribution in [-0.2, 0) is 6.42 Å². The average Bonchev–Trinajstić information content (AvgIpc) is 3.56. The number of thiazole rings is 1. The molecule has 0 bridgehead atoms. The number of nitrogens with zero attached hydrogens (tertiary/aromatic N) is 7. The van der Waals surface area contributed by atoms with Crippen LogP contribution in [0.25, 0.3) is 27.6 Å². The molecule has 2 aliphatic rings. The van der Waals surface area contributed by atoms with E-state index in [9.17, 15) is 13.2 Å². The molecule has 0 unspecified atom stereocenters. The van der Waals surface area contributed by atoms with Gasteiger partial charge in [0.15, 0.2) is 11.4 Å². The number of pyridine rings is 1. The van der Waals surface area contributed by atoms with E-state index < -0.39 is 12.6 Å². The summed E-state index contributed by atoms with van der Waals surface area (Å²) in [6, 6.07) is 2.28. The summed E-state index contributed by atoms with van der Waals surface area (Å²) in [5.41, 5.74) is 2.57. The first kappa shape index (κ1) is 26.1. The molecule has 6 rings (SSSR count). The number of fused-ring (bicyclic) bond motifs is 1. The highest BCUT2D eigenvalue weighted by atomic mass is 32.1. The fraction of sp³-hybridized carbons (Fsp3) is 0.538. The van der Waals surface area contributed by atoms with Gasteiger partial charge >= 0.3 is 6.18 Å². The van der Waals surface area contributed by atoms with Crippen molar-refractivity contribution in [2.45, 2.75) is 52.3 Å². The second kappa shape index (κ2) is 9.47. The Bertz CT molecular complexity index is 1490. The third-order valence-electron chi connectivity index (χ3n) is 7.94. The zero-order chi connectivity index (χ0) is 27.5. The van der Waals surface area contributed by atoms with Gasteiger partial charge in [0.1, 0.15) is 16.3 Å². The lowest BCUT2D eigenvalue weighted by molar-refractivity contribution is -0.127. The molecule has 0 saturated carbocycles. The predicted octanol–water partition coefficient (Wildman–Crippen LogP) is 4.98. The Kier molecular flexibility index (Phi) is 6.33. The van der Waals surface area contributed by atoms with Gasteiger partial charge in [0.2, 0.25) is 0 Å². The minimum atomic E-state index is -4.43. The van der Waals surface area contributed by atoms with Crippen LogP contribution in [0.5, 0.6) is 5.75 Å². The second-order valence-corrected chi connectivity index (χ2v) is 11.7. The lowest BCUT2D eigenvalue weighted by Crippen LogP contribution is -2.73. The van der Waals surface area contributed by atoms with Crippen LogP contribution in [0.4, 0.5) is 18.2 Å². The molecule has 0 atom stereocenters. The van der Waals surface area contributed by atoms with Crippen LogP contribution in [0.2, 0.25) is 0 Å². The van der Waals surface area contributed by atoms with Crippen LogP contribution in [0.3, 0.4) is 0 Å². The summed E-state index contributed by atoms with van der Waals surface area (Å²) in [7, 11) is 1.48. The Hall–Kier alpha value is -3.19. The van der Waals surface area contributed by atoms with Crippen molar-refractivity contribution in [2.24, 2.45) is 5.41 Å². The van der Waals surface area contributed by atoms with Crippen LogP contribution in [0.15, 0.2) is 18.6 Å². The SMILES string of the molecule is CCC(CC)N1CC2(CN(c3sc(-c4[nH]nc(-c5cc(OC)c6ncnn6c5)c4CC(F)(F)F)nc3C)C2)C1. The van der Waals surface area contributed by atoms with Crippen molar-refractivity contribution in [2.75, 3.05) is 38.2 Å². The number of alkyl halides is 3. The molecule has 0 aromatic carbocycles. The zero-order valence-corrected chi connectivity index (χ0v) is 23.2. The van der Waals surface area contributed by atoms with Gasteiger partial charge in [-0.1, -0.05) is 25.2 Å². The maximum absolute atomic E-state index is 13.8. The maximum Gasteiger partial charge on any atom is 0.393 e. The van der Waals surface area contributed by atoms with Crippen LogP contribution in [0, 0.1) is 12.3 Å². The van der Waals surface area contributed by atoms with Gasteiger partial charge in [-0.15, -0.1) is 0 Å². The van der Waals surface area contributed by atoms with Crippen molar-refractivity contribution in [3.8, 4) is 27.7 Å². The Morgan fingerprint density at radius 3 is 2.59 bits per heavy atom. The summed E-state index contributed by atoms with van der Waals surface area (Å²) in [5, 5.41) is 12.8. The number of ether oxygens (including phenoxy) is 1. The summed E-state index contributed by atoms with van der Waals surface area (Å²) in [6.45, 7) is 10.5. The summed E-state index contributed by atoms with van der Waals surface area (Å²) in [5.74, 6) is 0.394. The second-order valence-electron chi connectivity index (χ2n) is 10.7. The van der Waals surface area contributed by atoms with E-state index in [1.54, 1.807) is 12.3 Å². The van der Waals surface area contributed by atoms with Crippen LogP contribution >= 0.6 is 11.3 Å². The standard InChI is InChI=1S/C26H31F3N8OS/c1-5-17(6-2)35-10-25(11-35)12-36(13-25)24-15(3)32-23(39-24)21-18(8-26(27,28)29)20(33-34-21)16-7-19(38-4)22-30-14-31-37(22)9-16/h7,9,14,17H,5-6,8,10-13H2,1-4H3,(H,33,34). The number of aromatic nitrogens is 6. The molecule has 2 saturated heterocycles. The molecule has 6 heterocycles. The molecule has 13 heteroatoms. The molecule has 4 aromatic heterocycles. The van der Waals surface area contributed by atoms with Gasteiger partial charge in [-0.25, -0.2) is 14.5 Å². The zero-order valence-electron chi connectivity index (χ0n) is 22.3. The number of likely N-dealkylation sites (tertiary alicyclic amines) is 1. The number of nitrogens with one attached hydrogen (secondary N) is 1. The molecule has 39 heavy (non-hydrogen) atoms. The minimum absolute atomic E-state index is 0.0456.